The van der Waals surface area contributed by atoms with Gasteiger partial charge < -0.3 is 10.2 Å². The smallest absolute Gasteiger partial charge is 0.321 e. The highest BCUT2D eigenvalue weighted by molar-refractivity contribution is 6.32. The highest BCUT2D eigenvalue weighted by Crippen LogP contribution is 2.27. The van der Waals surface area contributed by atoms with Crippen molar-refractivity contribution in [2.24, 2.45) is 0 Å². The Morgan fingerprint density at radius 2 is 2.09 bits per heavy atom. The van der Waals surface area contributed by atoms with Gasteiger partial charge in [0.05, 0.1) is 4.92 Å². The largest absolute Gasteiger partial charge is 0.323 e. The lowest BCUT2D eigenvalue weighted by Crippen LogP contribution is -2.30. The average molecular weight is 338 g/mol. The Bertz CT molecular complexity index is 754. The van der Waals surface area contributed by atoms with E-state index in [1.54, 1.807) is 12.1 Å². The fourth-order valence-corrected chi connectivity index (χ4v) is 2.12. The van der Waals surface area contributed by atoms with Crippen molar-refractivity contribution in [2.45, 2.75) is 6.54 Å². The second kappa shape index (κ2) is 7.06. The minimum atomic E-state index is -0.631. The molecule has 0 aliphatic rings. The van der Waals surface area contributed by atoms with Crippen LogP contribution in [0.4, 0.5) is 20.6 Å². The van der Waals surface area contributed by atoms with Gasteiger partial charge in [-0.15, -0.1) is 0 Å². The topological polar surface area (TPSA) is 75.5 Å². The lowest BCUT2D eigenvalue weighted by atomic mass is 10.2. The second-order valence-electron chi connectivity index (χ2n) is 4.84. The van der Waals surface area contributed by atoms with Gasteiger partial charge in [0.15, 0.2) is 0 Å². The summed E-state index contributed by atoms with van der Waals surface area (Å²) in [6.07, 6.45) is 0. The normalized spacial score (nSPS) is 10.2. The first kappa shape index (κ1) is 16.7. The van der Waals surface area contributed by atoms with Crippen molar-refractivity contribution >= 4 is 29.0 Å². The maximum absolute atomic E-state index is 13.1. The molecular formula is C15H13ClFN3O3. The highest BCUT2D eigenvalue weighted by atomic mass is 35.5. The molecule has 2 aromatic carbocycles. The summed E-state index contributed by atoms with van der Waals surface area (Å²) in [6.45, 7) is 0.194. The number of nitro groups is 1. The third-order valence-corrected chi connectivity index (χ3v) is 3.37. The molecule has 0 aromatic heterocycles. The minimum absolute atomic E-state index is 0.0129. The van der Waals surface area contributed by atoms with Crippen LogP contribution in [0.1, 0.15) is 5.56 Å². The average Bonchev–Trinajstić information content (AvgIpc) is 2.48. The molecule has 0 aliphatic carbocycles. The summed E-state index contributed by atoms with van der Waals surface area (Å²) in [6, 6.07) is 9.39. The summed E-state index contributed by atoms with van der Waals surface area (Å²) in [5.74, 6) is -0.385. The summed E-state index contributed by atoms with van der Waals surface area (Å²) in [5, 5.41) is 13.3. The molecule has 0 fully saturated rings. The molecule has 1 N–H and O–H groups in total. The van der Waals surface area contributed by atoms with E-state index in [-0.39, 0.29) is 28.8 Å². The molecule has 0 unspecified atom stereocenters. The number of anilines is 1. The fourth-order valence-electron chi connectivity index (χ4n) is 1.93. The minimum Gasteiger partial charge on any atom is -0.323 e. The van der Waals surface area contributed by atoms with Crippen molar-refractivity contribution in [1.82, 2.24) is 4.90 Å². The van der Waals surface area contributed by atoms with Gasteiger partial charge in [-0.25, -0.2) is 9.18 Å². The molecule has 8 heteroatoms. The van der Waals surface area contributed by atoms with Gasteiger partial charge in [0.2, 0.25) is 0 Å². The Morgan fingerprint density at radius 3 is 2.74 bits per heavy atom. The van der Waals surface area contributed by atoms with Crippen molar-refractivity contribution in [1.29, 1.82) is 0 Å². The van der Waals surface area contributed by atoms with Gasteiger partial charge in [0.1, 0.15) is 10.8 Å². The van der Waals surface area contributed by atoms with Gasteiger partial charge in [0, 0.05) is 25.3 Å². The van der Waals surface area contributed by atoms with Crippen molar-refractivity contribution in [2.75, 3.05) is 12.4 Å². The van der Waals surface area contributed by atoms with Crippen molar-refractivity contribution in [3.63, 3.8) is 0 Å². The first-order chi connectivity index (χ1) is 10.9. The van der Waals surface area contributed by atoms with Crippen LogP contribution in [0.15, 0.2) is 42.5 Å². The monoisotopic (exact) mass is 337 g/mol. The Kier molecular flexibility index (Phi) is 5.13. The molecule has 2 rings (SSSR count). The lowest BCUT2D eigenvalue weighted by Gasteiger charge is -2.18. The number of carbonyl (C=O) groups is 1. The van der Waals surface area contributed by atoms with E-state index in [1.807, 2.05) is 0 Å². The first-order valence-electron chi connectivity index (χ1n) is 6.57. The number of benzene rings is 2. The Labute approximate surface area is 136 Å². The molecule has 120 valence electrons. The number of nitrogens with one attached hydrogen (secondary N) is 1. The van der Waals surface area contributed by atoms with Crippen LogP contribution in [-0.4, -0.2) is 22.9 Å². The van der Waals surface area contributed by atoms with Crippen molar-refractivity contribution in [3.05, 3.63) is 69.0 Å². The number of hydrogen-bond acceptors (Lipinski definition) is 3. The molecule has 0 heterocycles. The maximum atomic E-state index is 13.1. The molecule has 0 atom stereocenters. The molecule has 0 spiro atoms. The van der Waals surface area contributed by atoms with Crippen molar-refractivity contribution < 1.29 is 14.1 Å². The van der Waals surface area contributed by atoms with E-state index in [4.69, 9.17) is 11.6 Å². The van der Waals surface area contributed by atoms with Crippen molar-refractivity contribution in [3.8, 4) is 0 Å². The summed E-state index contributed by atoms with van der Waals surface area (Å²) in [7, 11) is 1.53. The molecular weight excluding hydrogens is 325 g/mol. The molecule has 2 amide bonds. The number of halogens is 2. The predicted octanol–water partition coefficient (Wildman–Crippen LogP) is 4.05. The molecule has 0 aliphatic heterocycles. The van der Waals surface area contributed by atoms with Crippen LogP contribution < -0.4 is 5.32 Å². The zero-order valence-corrected chi connectivity index (χ0v) is 12.9. The quantitative estimate of drug-likeness (QED) is 0.675. The third-order valence-electron chi connectivity index (χ3n) is 3.05. The molecule has 2 aromatic rings. The van der Waals surface area contributed by atoms with Gasteiger partial charge in [-0.1, -0.05) is 23.7 Å². The second-order valence-corrected chi connectivity index (χ2v) is 5.25. The number of rotatable bonds is 4. The van der Waals surface area contributed by atoms with Gasteiger partial charge in [-0.05, 0) is 29.8 Å². The Balaban J connectivity index is 2.06. The van der Waals surface area contributed by atoms with Gasteiger partial charge in [-0.3, -0.25) is 10.1 Å². The first-order valence-corrected chi connectivity index (χ1v) is 6.95. The van der Waals surface area contributed by atoms with Crippen LogP contribution in [-0.2, 0) is 6.54 Å². The molecule has 23 heavy (non-hydrogen) atoms. The van der Waals surface area contributed by atoms with Gasteiger partial charge in [-0.2, -0.15) is 0 Å². The Morgan fingerprint density at radius 1 is 1.35 bits per heavy atom. The number of nitrogens with zero attached hydrogens (tertiary/aromatic N) is 2. The number of amides is 2. The summed E-state index contributed by atoms with van der Waals surface area (Å²) in [5.41, 5.74) is 0.583. The van der Waals surface area contributed by atoms with E-state index < -0.39 is 11.0 Å². The van der Waals surface area contributed by atoms with E-state index >= 15 is 0 Å². The van der Waals surface area contributed by atoms with E-state index in [1.165, 1.54) is 42.3 Å². The number of hydrogen-bond donors (Lipinski definition) is 1. The zero-order chi connectivity index (χ0) is 17.0. The predicted molar refractivity (Wildman–Crippen MR) is 85.0 cm³/mol. The third kappa shape index (κ3) is 4.40. The zero-order valence-electron chi connectivity index (χ0n) is 12.1. The van der Waals surface area contributed by atoms with E-state index in [9.17, 15) is 19.3 Å². The summed E-state index contributed by atoms with van der Waals surface area (Å²) >= 11 is 5.71. The molecule has 0 saturated heterocycles. The maximum Gasteiger partial charge on any atom is 0.321 e. The van der Waals surface area contributed by atoms with Gasteiger partial charge in [0.25, 0.3) is 5.69 Å². The van der Waals surface area contributed by atoms with Crippen LogP contribution >= 0.6 is 11.6 Å². The molecule has 6 nitrogen and oxygen atoms in total. The lowest BCUT2D eigenvalue weighted by molar-refractivity contribution is -0.384. The standard InChI is InChI=1S/C15H13ClFN3O3/c1-19(9-10-3-2-4-11(17)7-10)15(21)18-12-5-6-13(16)14(8-12)20(22)23/h2-8H,9H2,1H3,(H,18,21). The summed E-state index contributed by atoms with van der Waals surface area (Å²) in [4.78, 5) is 23.6. The van der Waals surface area contributed by atoms with Crippen LogP contribution in [0, 0.1) is 15.9 Å². The van der Waals surface area contributed by atoms with Crippen LogP contribution in [0.5, 0.6) is 0 Å². The number of carbonyl (C=O) groups excluding carboxylic acids is 1. The van der Waals surface area contributed by atoms with E-state index in [0.29, 0.717) is 5.56 Å². The Hall–Kier alpha value is -2.67. The van der Waals surface area contributed by atoms with E-state index in [0.717, 1.165) is 0 Å². The van der Waals surface area contributed by atoms with Crippen LogP contribution in [0.3, 0.4) is 0 Å². The SMILES string of the molecule is CN(Cc1cccc(F)c1)C(=O)Nc1ccc(Cl)c([N+](=O)[O-])c1. The van der Waals surface area contributed by atoms with Crippen LogP contribution in [0.2, 0.25) is 5.02 Å². The molecule has 0 bridgehead atoms. The number of nitro benzene ring substituents is 1. The summed E-state index contributed by atoms with van der Waals surface area (Å²) < 4.78 is 13.1. The highest BCUT2D eigenvalue weighted by Gasteiger charge is 2.15. The fraction of sp³-hybridized carbons (Fsp3) is 0.133. The molecule has 0 radical (unpaired) electrons. The van der Waals surface area contributed by atoms with Crippen LogP contribution in [0.25, 0.3) is 0 Å². The number of urea groups is 1. The molecule has 0 saturated carbocycles. The van der Waals surface area contributed by atoms with E-state index in [2.05, 4.69) is 5.32 Å². The van der Waals surface area contributed by atoms with Gasteiger partial charge >= 0.3 is 6.03 Å².